The van der Waals surface area contributed by atoms with E-state index in [1.807, 2.05) is 41.6 Å². The number of amides is 2. The van der Waals surface area contributed by atoms with Crippen molar-refractivity contribution in [2.45, 2.75) is 38.0 Å². The molecule has 2 aromatic carbocycles. The number of likely N-dealkylation sites (tertiary alicyclic amines) is 1. The van der Waals surface area contributed by atoms with Crippen LogP contribution in [0.4, 0.5) is 4.79 Å². The fourth-order valence-electron chi connectivity index (χ4n) is 5.85. The van der Waals surface area contributed by atoms with Gasteiger partial charge in [0, 0.05) is 57.4 Å². The van der Waals surface area contributed by atoms with Crippen molar-refractivity contribution in [3.05, 3.63) is 108 Å². The third-order valence-electron chi connectivity index (χ3n) is 7.76. The van der Waals surface area contributed by atoms with E-state index in [0.29, 0.717) is 13.1 Å². The topological polar surface area (TPSA) is 81.4 Å². The largest absolute Gasteiger partial charge is 0.478 e. The molecule has 0 radical (unpaired) electrons. The highest BCUT2D eigenvalue weighted by molar-refractivity contribution is 5.87. The average molecular weight is 510 g/mol. The molecule has 2 aliphatic rings. The van der Waals surface area contributed by atoms with Crippen LogP contribution in [0.25, 0.3) is 5.65 Å². The number of urea groups is 1. The summed E-state index contributed by atoms with van der Waals surface area (Å²) in [5.41, 5.74) is 4.41. The molecule has 4 aromatic rings. The van der Waals surface area contributed by atoms with Gasteiger partial charge in [0.1, 0.15) is 5.65 Å². The Balaban J connectivity index is 1.17. The first-order valence-corrected chi connectivity index (χ1v) is 13.1. The normalized spacial score (nSPS) is 18.9. The Hall–Kier alpha value is -4.17. The zero-order valence-electron chi connectivity index (χ0n) is 21.2. The van der Waals surface area contributed by atoms with E-state index in [-0.39, 0.29) is 23.7 Å². The number of pyridine rings is 1. The van der Waals surface area contributed by atoms with Gasteiger partial charge in [-0.1, -0.05) is 48.5 Å². The molecule has 0 bridgehead atoms. The van der Waals surface area contributed by atoms with Crippen LogP contribution in [0.15, 0.2) is 85.3 Å². The number of aromatic carboxylic acids is 1. The molecular weight excluding hydrogens is 478 g/mol. The molecule has 1 unspecified atom stereocenters. The van der Waals surface area contributed by atoms with Crippen molar-refractivity contribution >= 4 is 17.6 Å². The van der Waals surface area contributed by atoms with Gasteiger partial charge in [-0.3, -0.25) is 4.90 Å². The van der Waals surface area contributed by atoms with Crippen LogP contribution in [0, 0.1) is 0 Å². The third-order valence-corrected chi connectivity index (χ3v) is 7.76. The Morgan fingerprint density at radius 3 is 2.55 bits per heavy atom. The Morgan fingerprint density at radius 1 is 0.947 bits per heavy atom. The second-order valence-corrected chi connectivity index (χ2v) is 10.2. The molecule has 1 atom stereocenters. The number of carboxylic acid groups (broad SMARTS) is 1. The minimum atomic E-state index is -0.958. The van der Waals surface area contributed by atoms with Crippen molar-refractivity contribution in [2.24, 2.45) is 0 Å². The second kappa shape index (κ2) is 10.3. The highest BCUT2D eigenvalue weighted by Crippen LogP contribution is 2.35. The Morgan fingerprint density at radius 2 is 1.76 bits per heavy atom. The van der Waals surface area contributed by atoms with Gasteiger partial charge < -0.3 is 19.3 Å². The lowest BCUT2D eigenvalue weighted by Gasteiger charge is -2.39. The summed E-state index contributed by atoms with van der Waals surface area (Å²) in [4.78, 5) is 36.0. The standard InChI is InChI=1S/C30H31N5O3/c36-29(37)25-8-4-5-22(17-25)19-34-21-27(24-6-2-1-3-7-24)35(30(34)38)26-11-14-32(15-12-26)18-23-9-10-28-31-13-16-33(28)20-23/h1-10,13,16-17,20,26-27H,11-12,14-15,18-19,21H2,(H,36,37). The number of imidazole rings is 1. The summed E-state index contributed by atoms with van der Waals surface area (Å²) in [6.07, 6.45) is 7.76. The van der Waals surface area contributed by atoms with Crippen molar-refractivity contribution in [3.8, 4) is 0 Å². The van der Waals surface area contributed by atoms with Crippen LogP contribution in [0.5, 0.6) is 0 Å². The van der Waals surface area contributed by atoms with Gasteiger partial charge in [0.05, 0.1) is 11.6 Å². The van der Waals surface area contributed by atoms with Gasteiger partial charge in [-0.15, -0.1) is 0 Å². The molecular formula is C30H31N5O3. The summed E-state index contributed by atoms with van der Waals surface area (Å²) in [5, 5.41) is 9.38. The first-order chi connectivity index (χ1) is 18.5. The summed E-state index contributed by atoms with van der Waals surface area (Å²) < 4.78 is 2.05. The summed E-state index contributed by atoms with van der Waals surface area (Å²) in [6, 6.07) is 21.5. The van der Waals surface area contributed by atoms with Crippen LogP contribution in [0.3, 0.4) is 0 Å². The smallest absolute Gasteiger partial charge is 0.335 e. The van der Waals surface area contributed by atoms with Crippen LogP contribution >= 0.6 is 0 Å². The fourth-order valence-corrected chi connectivity index (χ4v) is 5.85. The lowest BCUT2D eigenvalue weighted by Crippen LogP contribution is -2.47. The van der Waals surface area contributed by atoms with Crippen LogP contribution in [-0.4, -0.2) is 66.9 Å². The number of rotatable bonds is 7. The number of piperidine rings is 1. The van der Waals surface area contributed by atoms with Crippen molar-refractivity contribution in [3.63, 3.8) is 0 Å². The molecule has 2 fully saturated rings. The van der Waals surface area contributed by atoms with E-state index in [0.717, 1.165) is 49.2 Å². The van der Waals surface area contributed by atoms with E-state index < -0.39 is 5.97 Å². The van der Waals surface area contributed by atoms with Gasteiger partial charge in [0.15, 0.2) is 0 Å². The molecule has 0 saturated carbocycles. The van der Waals surface area contributed by atoms with Gasteiger partial charge in [-0.05, 0) is 47.7 Å². The molecule has 2 saturated heterocycles. The Kier molecular flexibility index (Phi) is 6.55. The molecule has 194 valence electrons. The first kappa shape index (κ1) is 24.2. The van der Waals surface area contributed by atoms with Gasteiger partial charge in [-0.2, -0.15) is 0 Å². The molecule has 1 N–H and O–H groups in total. The molecule has 0 spiro atoms. The van der Waals surface area contributed by atoms with Gasteiger partial charge in [-0.25, -0.2) is 14.6 Å². The van der Waals surface area contributed by atoms with Crippen LogP contribution in [-0.2, 0) is 13.1 Å². The van der Waals surface area contributed by atoms with Gasteiger partial charge in [0.2, 0.25) is 0 Å². The zero-order chi connectivity index (χ0) is 26.1. The van der Waals surface area contributed by atoms with Crippen LogP contribution in [0.2, 0.25) is 0 Å². The summed E-state index contributed by atoms with van der Waals surface area (Å²) in [5.74, 6) is -0.958. The van der Waals surface area contributed by atoms with Crippen LogP contribution < -0.4 is 0 Å². The highest BCUT2D eigenvalue weighted by atomic mass is 16.4. The molecule has 6 rings (SSSR count). The number of fused-ring (bicyclic) bond motifs is 1. The van der Waals surface area contributed by atoms with Gasteiger partial charge in [0.25, 0.3) is 0 Å². The number of carboxylic acids is 1. The lowest BCUT2D eigenvalue weighted by atomic mass is 9.99. The van der Waals surface area contributed by atoms with E-state index in [2.05, 4.69) is 49.6 Å². The zero-order valence-corrected chi connectivity index (χ0v) is 21.2. The number of hydrogen-bond donors (Lipinski definition) is 1. The quantitative estimate of drug-likeness (QED) is 0.391. The Bertz CT molecular complexity index is 1440. The SMILES string of the molecule is O=C(O)c1cccc(CN2CC(c3ccccc3)N(C3CCN(Cc4ccc5nccn5c4)CC3)C2=O)c1. The Labute approximate surface area is 221 Å². The van der Waals surface area contributed by atoms with E-state index in [1.165, 1.54) is 5.56 Å². The number of hydrogen-bond acceptors (Lipinski definition) is 4. The summed E-state index contributed by atoms with van der Waals surface area (Å²) in [6.45, 7) is 3.72. The van der Waals surface area contributed by atoms with Crippen molar-refractivity contribution < 1.29 is 14.7 Å². The van der Waals surface area contributed by atoms with E-state index in [9.17, 15) is 14.7 Å². The predicted octanol–water partition coefficient (Wildman–Crippen LogP) is 4.68. The maximum atomic E-state index is 13.8. The van der Waals surface area contributed by atoms with Crippen molar-refractivity contribution in [1.29, 1.82) is 0 Å². The number of aromatic nitrogens is 2. The molecule has 8 nitrogen and oxygen atoms in total. The third kappa shape index (κ3) is 4.87. The summed E-state index contributed by atoms with van der Waals surface area (Å²) >= 11 is 0. The van der Waals surface area contributed by atoms with E-state index in [1.54, 1.807) is 18.2 Å². The molecule has 8 heteroatoms. The molecule has 4 heterocycles. The number of nitrogens with zero attached hydrogens (tertiary/aromatic N) is 5. The second-order valence-electron chi connectivity index (χ2n) is 10.2. The highest BCUT2D eigenvalue weighted by Gasteiger charge is 2.42. The van der Waals surface area contributed by atoms with E-state index in [4.69, 9.17) is 0 Å². The average Bonchev–Trinajstić information content (AvgIpc) is 3.54. The number of carbonyl (C=O) groups excluding carboxylic acids is 1. The minimum Gasteiger partial charge on any atom is -0.478 e. The predicted molar refractivity (Wildman–Crippen MR) is 144 cm³/mol. The maximum absolute atomic E-state index is 13.8. The van der Waals surface area contributed by atoms with Crippen molar-refractivity contribution in [2.75, 3.05) is 19.6 Å². The monoisotopic (exact) mass is 509 g/mol. The minimum absolute atomic E-state index is 0.0217. The number of benzene rings is 2. The maximum Gasteiger partial charge on any atom is 0.335 e. The van der Waals surface area contributed by atoms with E-state index >= 15 is 0 Å². The van der Waals surface area contributed by atoms with Crippen LogP contribution in [0.1, 0.15) is 45.9 Å². The molecule has 0 aliphatic carbocycles. The molecule has 2 aromatic heterocycles. The summed E-state index contributed by atoms with van der Waals surface area (Å²) in [7, 11) is 0. The molecule has 2 amide bonds. The first-order valence-electron chi connectivity index (χ1n) is 13.1. The number of carbonyl (C=O) groups is 2. The molecule has 38 heavy (non-hydrogen) atoms. The molecule has 2 aliphatic heterocycles. The van der Waals surface area contributed by atoms with Crippen molar-refractivity contribution in [1.82, 2.24) is 24.1 Å². The fraction of sp³-hybridized carbons (Fsp3) is 0.300. The lowest BCUT2D eigenvalue weighted by molar-refractivity contribution is 0.0696. The van der Waals surface area contributed by atoms with Gasteiger partial charge >= 0.3 is 12.0 Å².